The summed E-state index contributed by atoms with van der Waals surface area (Å²) in [4.78, 5) is 50.1. The van der Waals surface area contributed by atoms with Crippen LogP contribution in [0.5, 0.6) is 0 Å². The number of nitro benzene ring substituents is 1. The van der Waals surface area contributed by atoms with Crippen molar-refractivity contribution in [1.29, 1.82) is 0 Å². The number of dihydropyridines is 1. The second-order valence-electron chi connectivity index (χ2n) is 8.89. The zero-order valence-electron chi connectivity index (χ0n) is 21.1. The Hall–Kier alpha value is -3.69. The van der Waals surface area contributed by atoms with Crippen LogP contribution in [0.25, 0.3) is 0 Å². The predicted molar refractivity (Wildman–Crippen MR) is 129 cm³/mol. The van der Waals surface area contributed by atoms with Gasteiger partial charge in [-0.05, 0) is 46.1 Å². The minimum atomic E-state index is -0.961. The summed E-state index contributed by atoms with van der Waals surface area (Å²) in [6, 6.07) is 4.85. The van der Waals surface area contributed by atoms with Crippen LogP contribution in [0.3, 0.4) is 0 Å². The maximum Gasteiger partial charge on any atom is 0.337 e. The molecule has 1 heterocycles. The lowest BCUT2D eigenvalue weighted by atomic mass is 9.79. The summed E-state index contributed by atoms with van der Waals surface area (Å²) in [6.07, 6.45) is -0.424. The number of carbonyl (C=O) groups excluding carboxylic acids is 3. The average Bonchev–Trinajstić information content (AvgIpc) is 2.76. The molecule has 1 amide bonds. The summed E-state index contributed by atoms with van der Waals surface area (Å²) < 4.78 is 10.6. The molecular weight excluding hydrogens is 454 g/mol. The number of nitrogens with one attached hydrogen (secondary N) is 2. The summed E-state index contributed by atoms with van der Waals surface area (Å²) >= 11 is 0. The van der Waals surface area contributed by atoms with E-state index in [0.717, 1.165) is 0 Å². The van der Waals surface area contributed by atoms with E-state index in [0.29, 0.717) is 17.0 Å². The van der Waals surface area contributed by atoms with Crippen molar-refractivity contribution < 1.29 is 28.8 Å². The second-order valence-corrected chi connectivity index (χ2v) is 8.89. The van der Waals surface area contributed by atoms with Crippen molar-refractivity contribution in [2.75, 3.05) is 6.61 Å². The van der Waals surface area contributed by atoms with Crippen LogP contribution in [-0.4, -0.2) is 41.5 Å². The Bertz CT molecular complexity index is 1070. The lowest BCUT2D eigenvalue weighted by molar-refractivity contribution is -0.384. The van der Waals surface area contributed by atoms with Crippen LogP contribution in [0, 0.1) is 16.0 Å². The molecule has 0 saturated heterocycles. The van der Waals surface area contributed by atoms with Crippen molar-refractivity contribution in [2.24, 2.45) is 5.92 Å². The van der Waals surface area contributed by atoms with Crippen molar-refractivity contribution in [3.63, 3.8) is 0 Å². The van der Waals surface area contributed by atoms with Gasteiger partial charge in [-0.15, -0.1) is 0 Å². The number of nitro groups is 1. The van der Waals surface area contributed by atoms with Gasteiger partial charge in [0.25, 0.3) is 11.6 Å². The summed E-state index contributed by atoms with van der Waals surface area (Å²) in [5.74, 6) is -3.05. The zero-order chi connectivity index (χ0) is 26.4. The molecule has 0 radical (unpaired) electrons. The standard InChI is InChI=1S/C25H33N3O7/c1-8-34-25(31)22(13(2)3)27-23(29)19-15(6)26-16(7)20(24(30)35-14(4)5)21(19)17-10-9-11-18(12-17)28(32)33/h9-14,21-22,26H,8H2,1-7H3,(H,27,29)/t21-,22-/m0/s1. The van der Waals surface area contributed by atoms with Gasteiger partial charge in [0.15, 0.2) is 0 Å². The van der Waals surface area contributed by atoms with Crippen LogP contribution in [0.2, 0.25) is 0 Å². The Kier molecular flexibility index (Phi) is 9.16. The summed E-state index contributed by atoms with van der Waals surface area (Å²) in [5, 5.41) is 17.2. The molecule has 190 valence electrons. The second kappa shape index (κ2) is 11.6. The number of amides is 1. The fourth-order valence-corrected chi connectivity index (χ4v) is 3.94. The molecule has 35 heavy (non-hydrogen) atoms. The van der Waals surface area contributed by atoms with E-state index >= 15 is 0 Å². The quantitative estimate of drug-likeness (QED) is 0.307. The third-order valence-corrected chi connectivity index (χ3v) is 5.48. The SMILES string of the molecule is CCOC(=O)[C@@H](NC(=O)C1=C(C)NC(C)=C(C(=O)OC(C)C)[C@H]1c1cccc([N+](=O)[O-])c1)C(C)C. The fraction of sp³-hybridized carbons (Fsp3) is 0.480. The Balaban J connectivity index is 2.64. The number of carbonyl (C=O) groups is 3. The van der Waals surface area contributed by atoms with Gasteiger partial charge in [-0.25, -0.2) is 9.59 Å². The van der Waals surface area contributed by atoms with Crippen molar-refractivity contribution in [3.8, 4) is 0 Å². The van der Waals surface area contributed by atoms with Gasteiger partial charge in [-0.2, -0.15) is 0 Å². The van der Waals surface area contributed by atoms with Crippen LogP contribution < -0.4 is 10.6 Å². The van der Waals surface area contributed by atoms with Crippen molar-refractivity contribution in [1.82, 2.24) is 10.6 Å². The molecule has 1 aromatic carbocycles. The molecule has 0 aromatic heterocycles. The minimum Gasteiger partial charge on any atom is -0.464 e. The molecule has 0 unspecified atom stereocenters. The number of esters is 2. The molecule has 2 rings (SSSR count). The zero-order valence-corrected chi connectivity index (χ0v) is 21.1. The van der Waals surface area contributed by atoms with Gasteiger partial charge in [0.2, 0.25) is 0 Å². The highest BCUT2D eigenvalue weighted by atomic mass is 16.6. The summed E-state index contributed by atoms with van der Waals surface area (Å²) in [6.45, 7) is 12.1. The molecule has 1 aliphatic rings. The van der Waals surface area contributed by atoms with Crippen molar-refractivity contribution in [3.05, 3.63) is 62.5 Å². The Labute approximate surface area is 204 Å². The highest BCUT2D eigenvalue weighted by Crippen LogP contribution is 2.40. The number of hydrogen-bond acceptors (Lipinski definition) is 8. The molecule has 1 aliphatic heterocycles. The first-order valence-corrected chi connectivity index (χ1v) is 11.5. The summed E-state index contributed by atoms with van der Waals surface area (Å²) in [7, 11) is 0. The molecule has 2 atom stereocenters. The summed E-state index contributed by atoms with van der Waals surface area (Å²) in [5.41, 5.74) is 1.42. The molecule has 0 aliphatic carbocycles. The van der Waals surface area contributed by atoms with E-state index in [9.17, 15) is 24.5 Å². The molecule has 2 N–H and O–H groups in total. The maximum absolute atomic E-state index is 13.6. The maximum atomic E-state index is 13.6. The van der Waals surface area contributed by atoms with Gasteiger partial charge in [0, 0.05) is 29.1 Å². The number of hydrogen-bond donors (Lipinski definition) is 2. The van der Waals surface area contributed by atoms with Crippen molar-refractivity contribution in [2.45, 2.75) is 66.5 Å². The lowest BCUT2D eigenvalue weighted by Gasteiger charge is -2.32. The van der Waals surface area contributed by atoms with Gasteiger partial charge in [-0.1, -0.05) is 26.0 Å². The predicted octanol–water partition coefficient (Wildman–Crippen LogP) is 3.49. The largest absolute Gasteiger partial charge is 0.464 e. The normalized spacial score (nSPS) is 16.7. The van der Waals surface area contributed by atoms with E-state index in [4.69, 9.17) is 9.47 Å². The lowest BCUT2D eigenvalue weighted by Crippen LogP contribution is -2.47. The number of ether oxygens (including phenoxy) is 2. The topological polar surface area (TPSA) is 137 Å². The third kappa shape index (κ3) is 6.46. The number of benzene rings is 1. The van der Waals surface area contributed by atoms with E-state index in [1.54, 1.807) is 54.5 Å². The first-order valence-electron chi connectivity index (χ1n) is 11.5. The van der Waals surface area contributed by atoms with Crippen molar-refractivity contribution >= 4 is 23.5 Å². The number of rotatable bonds is 9. The first kappa shape index (κ1) is 27.6. The van der Waals surface area contributed by atoms with Gasteiger partial charge in [0.1, 0.15) is 6.04 Å². The smallest absolute Gasteiger partial charge is 0.337 e. The minimum absolute atomic E-state index is 0.154. The van der Waals surface area contributed by atoms with Gasteiger partial charge < -0.3 is 20.1 Å². The highest BCUT2D eigenvalue weighted by molar-refractivity contribution is 6.03. The number of non-ortho nitro benzene ring substituents is 1. The Morgan fingerprint density at radius 2 is 1.74 bits per heavy atom. The van der Waals surface area contributed by atoms with Crippen LogP contribution in [0.1, 0.15) is 59.9 Å². The van der Waals surface area contributed by atoms with Gasteiger partial charge in [-0.3, -0.25) is 14.9 Å². The first-order chi connectivity index (χ1) is 16.4. The molecule has 1 aromatic rings. The Morgan fingerprint density at radius 3 is 2.29 bits per heavy atom. The molecule has 0 bridgehead atoms. The molecule has 0 fully saturated rings. The van der Waals surface area contributed by atoms with E-state index in [1.165, 1.54) is 18.2 Å². The Morgan fingerprint density at radius 1 is 1.11 bits per heavy atom. The van der Waals surface area contributed by atoms with Crippen LogP contribution in [-0.2, 0) is 23.9 Å². The third-order valence-electron chi connectivity index (χ3n) is 5.48. The number of allylic oxidation sites excluding steroid dienone is 2. The molecule has 0 spiro atoms. The number of nitrogens with zero attached hydrogens (tertiary/aromatic N) is 1. The molecule has 0 saturated carbocycles. The molecular formula is C25H33N3O7. The fourth-order valence-electron chi connectivity index (χ4n) is 3.94. The monoisotopic (exact) mass is 487 g/mol. The van der Waals surface area contributed by atoms with E-state index in [-0.39, 0.29) is 29.4 Å². The average molecular weight is 488 g/mol. The van der Waals surface area contributed by atoms with Gasteiger partial charge >= 0.3 is 11.9 Å². The van der Waals surface area contributed by atoms with E-state index in [2.05, 4.69) is 10.6 Å². The van der Waals surface area contributed by atoms with E-state index < -0.39 is 40.8 Å². The van der Waals surface area contributed by atoms with Crippen LogP contribution in [0.15, 0.2) is 46.8 Å². The molecule has 10 heteroatoms. The van der Waals surface area contributed by atoms with E-state index in [1.807, 2.05) is 0 Å². The van der Waals surface area contributed by atoms with Crippen LogP contribution in [0.4, 0.5) is 5.69 Å². The molecule has 10 nitrogen and oxygen atoms in total. The van der Waals surface area contributed by atoms with Crippen LogP contribution >= 0.6 is 0 Å². The highest BCUT2D eigenvalue weighted by Gasteiger charge is 2.39. The van der Waals surface area contributed by atoms with Gasteiger partial charge in [0.05, 0.1) is 29.1 Å².